The molecule has 0 spiro atoms. The maximum absolute atomic E-state index is 13.2. The summed E-state index contributed by atoms with van der Waals surface area (Å²) in [5, 5.41) is 0. The summed E-state index contributed by atoms with van der Waals surface area (Å²) < 4.78 is 0. The molecule has 1 aliphatic heterocycles. The van der Waals surface area contributed by atoms with Gasteiger partial charge in [-0.3, -0.25) is 4.79 Å². The molecule has 1 N–H and O–H groups in total. The first-order valence-corrected chi connectivity index (χ1v) is 8.70. The molecule has 1 amide bonds. The summed E-state index contributed by atoms with van der Waals surface area (Å²) in [6.07, 6.45) is 5.58. The van der Waals surface area contributed by atoms with Crippen molar-refractivity contribution in [3.05, 3.63) is 77.6 Å². The molecule has 3 aromatic rings. The SMILES string of the molecule is Cc1ccccc1[C@@H]1CCCN1C(=O)c1cccc(-c2ncc[nH]2)c1. The van der Waals surface area contributed by atoms with E-state index in [1.807, 2.05) is 35.2 Å². The number of nitrogens with zero attached hydrogens (tertiary/aromatic N) is 2. The minimum atomic E-state index is 0.0964. The van der Waals surface area contributed by atoms with Gasteiger partial charge < -0.3 is 9.88 Å². The number of benzene rings is 2. The van der Waals surface area contributed by atoms with E-state index < -0.39 is 0 Å². The summed E-state index contributed by atoms with van der Waals surface area (Å²) in [6.45, 7) is 2.93. The van der Waals surface area contributed by atoms with Gasteiger partial charge in [0.2, 0.25) is 0 Å². The predicted molar refractivity (Wildman–Crippen MR) is 98.2 cm³/mol. The molecule has 4 heteroatoms. The Morgan fingerprint density at radius 1 is 1.20 bits per heavy atom. The number of aryl methyl sites for hydroxylation is 1. The molecular formula is C21H21N3O. The lowest BCUT2D eigenvalue weighted by Crippen LogP contribution is -2.30. The van der Waals surface area contributed by atoms with Crippen molar-refractivity contribution in [2.24, 2.45) is 0 Å². The molecule has 1 aromatic heterocycles. The minimum absolute atomic E-state index is 0.0964. The third kappa shape index (κ3) is 2.95. The number of aromatic nitrogens is 2. The second-order valence-electron chi connectivity index (χ2n) is 6.53. The molecular weight excluding hydrogens is 310 g/mol. The Labute approximate surface area is 147 Å². The number of likely N-dealkylation sites (tertiary alicyclic amines) is 1. The molecule has 0 saturated carbocycles. The Hall–Kier alpha value is -2.88. The van der Waals surface area contributed by atoms with E-state index in [2.05, 4.69) is 35.1 Å². The first-order valence-electron chi connectivity index (χ1n) is 8.70. The van der Waals surface area contributed by atoms with E-state index in [4.69, 9.17) is 0 Å². The number of carbonyl (C=O) groups is 1. The number of nitrogens with one attached hydrogen (secondary N) is 1. The summed E-state index contributed by atoms with van der Waals surface area (Å²) >= 11 is 0. The predicted octanol–water partition coefficient (Wildman–Crippen LogP) is 4.36. The first kappa shape index (κ1) is 15.6. The van der Waals surface area contributed by atoms with E-state index in [9.17, 15) is 4.79 Å². The zero-order valence-electron chi connectivity index (χ0n) is 14.3. The lowest BCUT2D eigenvalue weighted by atomic mass is 9.99. The van der Waals surface area contributed by atoms with E-state index in [0.717, 1.165) is 36.3 Å². The molecule has 0 aliphatic carbocycles. The van der Waals surface area contributed by atoms with Crippen molar-refractivity contribution in [1.29, 1.82) is 0 Å². The molecule has 1 fully saturated rings. The van der Waals surface area contributed by atoms with Crippen LogP contribution in [0.15, 0.2) is 60.9 Å². The summed E-state index contributed by atoms with van der Waals surface area (Å²) in [6, 6.07) is 16.2. The number of rotatable bonds is 3. The van der Waals surface area contributed by atoms with E-state index in [0.29, 0.717) is 0 Å². The fourth-order valence-corrected chi connectivity index (χ4v) is 3.68. The van der Waals surface area contributed by atoms with Crippen molar-refractivity contribution in [3.63, 3.8) is 0 Å². The monoisotopic (exact) mass is 331 g/mol. The van der Waals surface area contributed by atoms with Crippen LogP contribution in [0.4, 0.5) is 0 Å². The van der Waals surface area contributed by atoms with Crippen molar-refractivity contribution < 1.29 is 4.79 Å². The molecule has 0 radical (unpaired) electrons. The number of aromatic amines is 1. The zero-order valence-corrected chi connectivity index (χ0v) is 14.3. The van der Waals surface area contributed by atoms with Gasteiger partial charge in [-0.2, -0.15) is 0 Å². The van der Waals surface area contributed by atoms with Gasteiger partial charge in [-0.25, -0.2) is 4.98 Å². The van der Waals surface area contributed by atoms with Gasteiger partial charge in [0.1, 0.15) is 5.82 Å². The largest absolute Gasteiger partial charge is 0.345 e. The summed E-state index contributed by atoms with van der Waals surface area (Å²) in [5.41, 5.74) is 4.16. The molecule has 1 aliphatic rings. The summed E-state index contributed by atoms with van der Waals surface area (Å²) in [7, 11) is 0. The van der Waals surface area contributed by atoms with Crippen LogP contribution in [0.3, 0.4) is 0 Å². The van der Waals surface area contributed by atoms with Crippen molar-refractivity contribution in [1.82, 2.24) is 14.9 Å². The number of carbonyl (C=O) groups excluding carboxylic acids is 1. The molecule has 1 atom stereocenters. The summed E-state index contributed by atoms with van der Waals surface area (Å²) in [5.74, 6) is 0.880. The third-order valence-corrected chi connectivity index (χ3v) is 4.94. The van der Waals surface area contributed by atoms with Crippen LogP contribution in [-0.4, -0.2) is 27.3 Å². The van der Waals surface area contributed by atoms with Crippen LogP contribution >= 0.6 is 0 Å². The Bertz CT molecular complexity index is 886. The lowest BCUT2D eigenvalue weighted by molar-refractivity contribution is 0.0735. The standard InChI is InChI=1S/C21H21N3O/c1-15-6-2-3-9-18(15)19-10-5-13-24(19)21(25)17-8-4-7-16(14-17)20-22-11-12-23-20/h2-4,6-9,11-12,14,19H,5,10,13H2,1H3,(H,22,23)/t19-/m0/s1. The number of imidazole rings is 1. The van der Waals surface area contributed by atoms with Gasteiger partial charge in [-0.05, 0) is 43.0 Å². The highest BCUT2D eigenvalue weighted by atomic mass is 16.2. The summed E-state index contributed by atoms with van der Waals surface area (Å²) in [4.78, 5) is 22.5. The van der Waals surface area contributed by atoms with Crippen molar-refractivity contribution in [2.75, 3.05) is 6.54 Å². The van der Waals surface area contributed by atoms with Crippen LogP contribution in [-0.2, 0) is 0 Å². The van der Waals surface area contributed by atoms with E-state index >= 15 is 0 Å². The molecule has 2 aromatic carbocycles. The molecule has 1 saturated heterocycles. The number of H-pyrrole nitrogens is 1. The smallest absolute Gasteiger partial charge is 0.254 e. The quantitative estimate of drug-likeness (QED) is 0.775. The molecule has 2 heterocycles. The molecule has 0 bridgehead atoms. The van der Waals surface area contributed by atoms with Crippen LogP contribution in [0, 0.1) is 6.92 Å². The second-order valence-corrected chi connectivity index (χ2v) is 6.53. The van der Waals surface area contributed by atoms with Crippen LogP contribution in [0.5, 0.6) is 0 Å². The van der Waals surface area contributed by atoms with E-state index in [1.165, 1.54) is 11.1 Å². The highest BCUT2D eigenvalue weighted by molar-refractivity contribution is 5.95. The van der Waals surface area contributed by atoms with Crippen molar-refractivity contribution in [2.45, 2.75) is 25.8 Å². The normalized spacial score (nSPS) is 17.0. The van der Waals surface area contributed by atoms with Crippen LogP contribution in [0.2, 0.25) is 0 Å². The van der Waals surface area contributed by atoms with Gasteiger partial charge in [-0.1, -0.05) is 36.4 Å². The van der Waals surface area contributed by atoms with Gasteiger partial charge in [0.15, 0.2) is 0 Å². The van der Waals surface area contributed by atoms with Gasteiger partial charge in [0.05, 0.1) is 6.04 Å². The number of hydrogen-bond acceptors (Lipinski definition) is 2. The lowest BCUT2D eigenvalue weighted by Gasteiger charge is -2.26. The molecule has 126 valence electrons. The minimum Gasteiger partial charge on any atom is -0.345 e. The molecule has 4 rings (SSSR count). The molecule has 4 nitrogen and oxygen atoms in total. The second kappa shape index (κ2) is 6.55. The highest BCUT2D eigenvalue weighted by Gasteiger charge is 2.31. The van der Waals surface area contributed by atoms with Gasteiger partial charge in [0, 0.05) is 30.1 Å². The Kier molecular flexibility index (Phi) is 4.10. The van der Waals surface area contributed by atoms with Crippen molar-refractivity contribution >= 4 is 5.91 Å². The topological polar surface area (TPSA) is 49.0 Å². The van der Waals surface area contributed by atoms with Gasteiger partial charge in [0.25, 0.3) is 5.91 Å². The average molecular weight is 331 g/mol. The molecule has 0 unspecified atom stereocenters. The molecule has 25 heavy (non-hydrogen) atoms. The Morgan fingerprint density at radius 3 is 2.88 bits per heavy atom. The fraction of sp³-hybridized carbons (Fsp3) is 0.238. The zero-order chi connectivity index (χ0) is 17.2. The highest BCUT2D eigenvalue weighted by Crippen LogP contribution is 2.35. The van der Waals surface area contributed by atoms with Crippen LogP contribution < -0.4 is 0 Å². The Morgan fingerprint density at radius 2 is 2.08 bits per heavy atom. The number of hydrogen-bond donors (Lipinski definition) is 1. The Balaban J connectivity index is 1.64. The maximum Gasteiger partial charge on any atom is 0.254 e. The van der Waals surface area contributed by atoms with E-state index in [1.54, 1.807) is 12.4 Å². The average Bonchev–Trinajstić information content (AvgIpc) is 3.33. The fourth-order valence-electron chi connectivity index (χ4n) is 3.68. The van der Waals surface area contributed by atoms with Crippen LogP contribution in [0.1, 0.15) is 40.4 Å². The van der Waals surface area contributed by atoms with Gasteiger partial charge >= 0.3 is 0 Å². The maximum atomic E-state index is 13.2. The number of amides is 1. The van der Waals surface area contributed by atoms with Crippen molar-refractivity contribution in [3.8, 4) is 11.4 Å². The third-order valence-electron chi connectivity index (χ3n) is 4.94. The van der Waals surface area contributed by atoms with E-state index in [-0.39, 0.29) is 11.9 Å². The first-order chi connectivity index (χ1) is 12.2. The van der Waals surface area contributed by atoms with Crippen LogP contribution in [0.25, 0.3) is 11.4 Å². The van der Waals surface area contributed by atoms with Gasteiger partial charge in [-0.15, -0.1) is 0 Å².